The minimum atomic E-state index is -0.610. The second-order valence-corrected chi connectivity index (χ2v) is 4.56. The second-order valence-electron chi connectivity index (χ2n) is 3.71. The van der Waals surface area contributed by atoms with Gasteiger partial charge in [0.1, 0.15) is 18.0 Å². The third-order valence-corrected chi connectivity index (χ3v) is 2.99. The zero-order valence-corrected chi connectivity index (χ0v) is 11.2. The standard InChI is InChI=1S/C11H11BrF2N4/c1-15-4-10-16-6-18(17-10)5-7-9(13)3-2-8(12)11(7)14/h2-3,6,15H,4-5H2,1H3. The fourth-order valence-electron chi connectivity index (χ4n) is 1.52. The number of benzene rings is 1. The molecule has 1 aromatic carbocycles. The van der Waals surface area contributed by atoms with Gasteiger partial charge in [0, 0.05) is 5.56 Å². The van der Waals surface area contributed by atoms with Crippen LogP contribution in [0.25, 0.3) is 0 Å². The first-order valence-electron chi connectivity index (χ1n) is 5.27. The first-order chi connectivity index (χ1) is 8.61. The van der Waals surface area contributed by atoms with Crippen molar-refractivity contribution in [3.63, 3.8) is 0 Å². The normalized spacial score (nSPS) is 10.9. The van der Waals surface area contributed by atoms with Crippen molar-refractivity contribution in [2.45, 2.75) is 13.1 Å². The molecule has 2 rings (SSSR count). The van der Waals surface area contributed by atoms with E-state index in [4.69, 9.17) is 0 Å². The van der Waals surface area contributed by atoms with E-state index >= 15 is 0 Å². The molecule has 1 N–H and O–H groups in total. The lowest BCUT2D eigenvalue weighted by atomic mass is 10.2. The molecule has 2 aromatic rings. The molecule has 0 spiro atoms. The summed E-state index contributed by atoms with van der Waals surface area (Å²) in [5.74, 6) is -0.629. The molecule has 0 aliphatic heterocycles. The monoisotopic (exact) mass is 316 g/mol. The summed E-state index contributed by atoms with van der Waals surface area (Å²) in [5.41, 5.74) is -0.0368. The van der Waals surface area contributed by atoms with Crippen LogP contribution in [0, 0.1) is 11.6 Å². The fraction of sp³-hybridized carbons (Fsp3) is 0.273. The smallest absolute Gasteiger partial charge is 0.164 e. The zero-order chi connectivity index (χ0) is 13.1. The average Bonchev–Trinajstić information content (AvgIpc) is 2.78. The van der Waals surface area contributed by atoms with Gasteiger partial charge >= 0.3 is 0 Å². The van der Waals surface area contributed by atoms with Crippen molar-refractivity contribution >= 4 is 15.9 Å². The van der Waals surface area contributed by atoms with E-state index in [-0.39, 0.29) is 16.6 Å². The molecule has 0 saturated heterocycles. The number of nitrogens with one attached hydrogen (secondary N) is 1. The fourth-order valence-corrected chi connectivity index (χ4v) is 1.90. The van der Waals surface area contributed by atoms with Gasteiger partial charge in [-0.15, -0.1) is 0 Å². The van der Waals surface area contributed by atoms with Crippen LogP contribution in [0.3, 0.4) is 0 Å². The van der Waals surface area contributed by atoms with Crippen LogP contribution in [-0.2, 0) is 13.1 Å². The Morgan fingerprint density at radius 3 is 2.89 bits per heavy atom. The Morgan fingerprint density at radius 1 is 1.39 bits per heavy atom. The van der Waals surface area contributed by atoms with Crippen LogP contribution in [-0.4, -0.2) is 21.8 Å². The van der Waals surface area contributed by atoms with Gasteiger partial charge in [0.25, 0.3) is 0 Å². The largest absolute Gasteiger partial charge is 0.313 e. The third-order valence-electron chi connectivity index (χ3n) is 2.38. The highest BCUT2D eigenvalue weighted by atomic mass is 79.9. The van der Waals surface area contributed by atoms with E-state index in [2.05, 4.69) is 31.3 Å². The van der Waals surface area contributed by atoms with Gasteiger partial charge in [0.05, 0.1) is 17.6 Å². The maximum Gasteiger partial charge on any atom is 0.164 e. The lowest BCUT2D eigenvalue weighted by molar-refractivity contribution is 0.527. The highest BCUT2D eigenvalue weighted by Gasteiger charge is 2.13. The molecule has 0 aliphatic carbocycles. The summed E-state index contributed by atoms with van der Waals surface area (Å²) in [7, 11) is 1.77. The van der Waals surface area contributed by atoms with Crippen molar-refractivity contribution in [3.05, 3.63) is 46.0 Å². The van der Waals surface area contributed by atoms with Crippen LogP contribution in [0.15, 0.2) is 22.9 Å². The van der Waals surface area contributed by atoms with Crippen molar-refractivity contribution in [1.29, 1.82) is 0 Å². The van der Waals surface area contributed by atoms with E-state index < -0.39 is 11.6 Å². The van der Waals surface area contributed by atoms with E-state index in [0.717, 1.165) is 0 Å². The van der Waals surface area contributed by atoms with Crippen molar-refractivity contribution in [1.82, 2.24) is 20.1 Å². The molecule has 4 nitrogen and oxygen atoms in total. The first kappa shape index (κ1) is 13.1. The van der Waals surface area contributed by atoms with Gasteiger partial charge in [0.15, 0.2) is 5.82 Å². The highest BCUT2D eigenvalue weighted by molar-refractivity contribution is 9.10. The highest BCUT2D eigenvalue weighted by Crippen LogP contribution is 2.22. The van der Waals surface area contributed by atoms with Gasteiger partial charge in [-0.2, -0.15) is 5.10 Å². The van der Waals surface area contributed by atoms with Crippen molar-refractivity contribution < 1.29 is 8.78 Å². The van der Waals surface area contributed by atoms with Gasteiger partial charge in [-0.25, -0.2) is 18.4 Å². The number of hydrogen-bond donors (Lipinski definition) is 1. The second kappa shape index (κ2) is 5.53. The van der Waals surface area contributed by atoms with E-state index in [9.17, 15) is 8.78 Å². The number of nitrogens with zero attached hydrogens (tertiary/aromatic N) is 3. The van der Waals surface area contributed by atoms with E-state index in [1.54, 1.807) is 7.05 Å². The van der Waals surface area contributed by atoms with Crippen molar-refractivity contribution in [2.24, 2.45) is 0 Å². The molecular weight excluding hydrogens is 306 g/mol. The van der Waals surface area contributed by atoms with Crippen molar-refractivity contribution in [3.8, 4) is 0 Å². The predicted molar refractivity (Wildman–Crippen MR) is 65.9 cm³/mol. The minimum absolute atomic E-state index is 0.00776. The summed E-state index contributed by atoms with van der Waals surface area (Å²) in [6, 6.07) is 2.55. The molecule has 0 radical (unpaired) electrons. The predicted octanol–water partition coefficient (Wildman–Crippen LogP) is 2.09. The van der Waals surface area contributed by atoms with E-state index in [0.29, 0.717) is 12.4 Å². The van der Waals surface area contributed by atoms with Crippen LogP contribution in [0.5, 0.6) is 0 Å². The molecular formula is C11H11BrF2N4. The Morgan fingerprint density at radius 2 is 2.17 bits per heavy atom. The number of hydrogen-bond acceptors (Lipinski definition) is 3. The number of halogens is 3. The SMILES string of the molecule is CNCc1ncn(Cc2c(F)ccc(Br)c2F)n1. The molecule has 0 unspecified atom stereocenters. The molecule has 96 valence electrons. The van der Waals surface area contributed by atoms with Gasteiger partial charge in [0.2, 0.25) is 0 Å². The minimum Gasteiger partial charge on any atom is -0.313 e. The van der Waals surface area contributed by atoms with Gasteiger partial charge in [-0.3, -0.25) is 0 Å². The molecule has 0 bridgehead atoms. The van der Waals surface area contributed by atoms with Crippen LogP contribution in [0.4, 0.5) is 8.78 Å². The van der Waals surface area contributed by atoms with Gasteiger partial charge in [-0.1, -0.05) is 0 Å². The average molecular weight is 317 g/mol. The molecule has 0 amide bonds. The maximum absolute atomic E-state index is 13.7. The van der Waals surface area contributed by atoms with Gasteiger partial charge in [-0.05, 0) is 35.1 Å². The first-order valence-corrected chi connectivity index (χ1v) is 6.06. The van der Waals surface area contributed by atoms with Crippen molar-refractivity contribution in [2.75, 3.05) is 7.05 Å². The van der Waals surface area contributed by atoms with Crippen LogP contribution in [0.1, 0.15) is 11.4 Å². The molecule has 0 aliphatic rings. The van der Waals surface area contributed by atoms with Crippen LogP contribution < -0.4 is 5.32 Å². The molecule has 0 atom stereocenters. The lowest BCUT2D eigenvalue weighted by Gasteiger charge is -2.06. The Hall–Kier alpha value is -1.34. The molecule has 7 heteroatoms. The Kier molecular flexibility index (Phi) is 4.03. The Bertz CT molecular complexity index is 556. The lowest BCUT2D eigenvalue weighted by Crippen LogP contribution is -2.09. The maximum atomic E-state index is 13.7. The summed E-state index contributed by atoms with van der Waals surface area (Å²) < 4.78 is 28.9. The Balaban J connectivity index is 2.25. The van der Waals surface area contributed by atoms with E-state index in [1.165, 1.54) is 23.1 Å². The van der Waals surface area contributed by atoms with E-state index in [1.807, 2.05) is 0 Å². The molecule has 0 saturated carbocycles. The summed E-state index contributed by atoms with van der Waals surface area (Å²) in [5, 5.41) is 7.00. The molecule has 0 fully saturated rings. The van der Waals surface area contributed by atoms with Crippen LogP contribution in [0.2, 0.25) is 0 Å². The van der Waals surface area contributed by atoms with Crippen LogP contribution >= 0.6 is 15.9 Å². The summed E-state index contributed by atoms with van der Waals surface area (Å²) in [6.07, 6.45) is 1.45. The third kappa shape index (κ3) is 2.73. The molecule has 1 heterocycles. The summed E-state index contributed by atoms with van der Waals surface area (Å²) in [6.45, 7) is 0.518. The quantitative estimate of drug-likeness (QED) is 0.878. The Labute approximate surface area is 111 Å². The summed E-state index contributed by atoms with van der Waals surface area (Å²) >= 11 is 3.03. The number of aromatic nitrogens is 3. The zero-order valence-electron chi connectivity index (χ0n) is 9.62. The number of rotatable bonds is 4. The molecule has 18 heavy (non-hydrogen) atoms. The topological polar surface area (TPSA) is 42.7 Å². The molecule has 1 aromatic heterocycles. The summed E-state index contributed by atoms with van der Waals surface area (Å²) in [4.78, 5) is 4.02. The van der Waals surface area contributed by atoms with Gasteiger partial charge < -0.3 is 5.32 Å².